The highest BCUT2D eigenvalue weighted by Crippen LogP contribution is 2.38. The zero-order chi connectivity index (χ0) is 11.0. The minimum Gasteiger partial charge on any atom is -0.508 e. The van der Waals surface area contributed by atoms with Crippen molar-refractivity contribution >= 4 is 0 Å². The molecule has 80 valence electrons. The number of benzene rings is 2. The number of fused-ring (bicyclic) bond motifs is 1. The van der Waals surface area contributed by atoms with E-state index in [2.05, 4.69) is 6.07 Å². The first-order chi connectivity index (χ1) is 7.84. The molecule has 0 saturated heterocycles. The lowest BCUT2D eigenvalue weighted by Crippen LogP contribution is -2.03. The molecule has 1 heterocycles. The SMILES string of the molecule is Oc1ccccc1C1Cc2ccccc2O1. The topological polar surface area (TPSA) is 29.5 Å². The zero-order valence-corrected chi connectivity index (χ0v) is 8.76. The van der Waals surface area contributed by atoms with Crippen LogP contribution in [0.5, 0.6) is 11.5 Å². The molecule has 2 aromatic carbocycles. The molecule has 1 atom stereocenters. The number of rotatable bonds is 1. The van der Waals surface area contributed by atoms with Crippen LogP contribution in [-0.2, 0) is 6.42 Å². The summed E-state index contributed by atoms with van der Waals surface area (Å²) in [5.74, 6) is 1.23. The van der Waals surface area contributed by atoms with Gasteiger partial charge in [-0.2, -0.15) is 0 Å². The van der Waals surface area contributed by atoms with Crippen molar-refractivity contribution in [3.63, 3.8) is 0 Å². The summed E-state index contributed by atoms with van der Waals surface area (Å²) in [6, 6.07) is 15.3. The summed E-state index contributed by atoms with van der Waals surface area (Å²) in [6.45, 7) is 0. The molecule has 1 aliphatic heterocycles. The Morgan fingerprint density at radius 2 is 1.75 bits per heavy atom. The van der Waals surface area contributed by atoms with Gasteiger partial charge in [-0.25, -0.2) is 0 Å². The summed E-state index contributed by atoms with van der Waals surface area (Å²) >= 11 is 0. The van der Waals surface area contributed by atoms with E-state index < -0.39 is 0 Å². The van der Waals surface area contributed by atoms with Gasteiger partial charge in [0.15, 0.2) is 0 Å². The Bertz CT molecular complexity index is 495. The van der Waals surface area contributed by atoms with E-state index in [9.17, 15) is 5.11 Å². The smallest absolute Gasteiger partial charge is 0.131 e. The van der Waals surface area contributed by atoms with Crippen LogP contribution >= 0.6 is 0 Å². The van der Waals surface area contributed by atoms with Crippen molar-refractivity contribution in [3.8, 4) is 11.5 Å². The molecule has 0 bridgehead atoms. The van der Waals surface area contributed by atoms with Crippen molar-refractivity contribution in [1.82, 2.24) is 0 Å². The number of para-hydroxylation sites is 2. The molecular weight excluding hydrogens is 200 g/mol. The lowest BCUT2D eigenvalue weighted by atomic mass is 10.0. The zero-order valence-electron chi connectivity index (χ0n) is 8.76. The maximum atomic E-state index is 9.77. The molecule has 16 heavy (non-hydrogen) atoms. The average molecular weight is 212 g/mol. The fourth-order valence-electron chi connectivity index (χ4n) is 2.12. The van der Waals surface area contributed by atoms with Gasteiger partial charge in [0.25, 0.3) is 0 Å². The van der Waals surface area contributed by atoms with Crippen molar-refractivity contribution in [2.24, 2.45) is 0 Å². The lowest BCUT2D eigenvalue weighted by molar-refractivity contribution is 0.233. The number of hydrogen-bond donors (Lipinski definition) is 1. The Balaban J connectivity index is 1.95. The highest BCUT2D eigenvalue weighted by molar-refractivity contribution is 5.42. The molecule has 0 spiro atoms. The predicted octanol–water partition coefficient (Wildman–Crippen LogP) is 3.07. The fourth-order valence-corrected chi connectivity index (χ4v) is 2.12. The molecule has 2 aromatic rings. The van der Waals surface area contributed by atoms with E-state index in [0.29, 0.717) is 5.75 Å². The normalized spacial score (nSPS) is 17.9. The van der Waals surface area contributed by atoms with Gasteiger partial charge in [0, 0.05) is 12.0 Å². The first kappa shape index (κ1) is 9.28. The van der Waals surface area contributed by atoms with Crippen LogP contribution in [0.2, 0.25) is 0 Å². The number of hydrogen-bond acceptors (Lipinski definition) is 2. The van der Waals surface area contributed by atoms with Gasteiger partial charge in [-0.3, -0.25) is 0 Å². The van der Waals surface area contributed by atoms with E-state index in [0.717, 1.165) is 17.7 Å². The largest absolute Gasteiger partial charge is 0.508 e. The Kier molecular flexibility index (Phi) is 2.07. The van der Waals surface area contributed by atoms with Gasteiger partial charge in [-0.1, -0.05) is 36.4 Å². The maximum Gasteiger partial charge on any atom is 0.131 e. The molecule has 0 saturated carbocycles. The third-order valence-electron chi connectivity index (χ3n) is 2.93. The van der Waals surface area contributed by atoms with Crippen LogP contribution in [0.25, 0.3) is 0 Å². The molecule has 0 aliphatic carbocycles. The van der Waals surface area contributed by atoms with Crippen LogP contribution in [0.3, 0.4) is 0 Å². The molecule has 2 heteroatoms. The molecule has 0 fully saturated rings. The first-order valence-electron chi connectivity index (χ1n) is 5.37. The first-order valence-corrected chi connectivity index (χ1v) is 5.37. The standard InChI is InChI=1S/C14H12O2/c15-12-7-3-2-6-11(12)14-9-10-5-1-4-8-13(10)16-14/h1-8,14-15H,9H2. The van der Waals surface area contributed by atoms with Crippen molar-refractivity contribution < 1.29 is 9.84 Å². The molecule has 0 amide bonds. The van der Waals surface area contributed by atoms with Gasteiger partial charge >= 0.3 is 0 Å². The summed E-state index contributed by atoms with van der Waals surface area (Å²) in [6.07, 6.45) is 0.770. The quantitative estimate of drug-likeness (QED) is 0.787. The molecular formula is C14H12O2. The van der Waals surface area contributed by atoms with Gasteiger partial charge in [-0.15, -0.1) is 0 Å². The van der Waals surface area contributed by atoms with Gasteiger partial charge in [-0.05, 0) is 17.7 Å². The predicted molar refractivity (Wildman–Crippen MR) is 61.6 cm³/mol. The van der Waals surface area contributed by atoms with Gasteiger partial charge in [0.1, 0.15) is 17.6 Å². The van der Waals surface area contributed by atoms with E-state index in [1.807, 2.05) is 36.4 Å². The average Bonchev–Trinajstić information content (AvgIpc) is 2.73. The van der Waals surface area contributed by atoms with Crippen molar-refractivity contribution in [3.05, 3.63) is 59.7 Å². The third-order valence-corrected chi connectivity index (χ3v) is 2.93. The summed E-state index contributed by atoms with van der Waals surface area (Å²) < 4.78 is 5.81. The highest BCUT2D eigenvalue weighted by Gasteiger charge is 2.25. The Hall–Kier alpha value is -1.96. The van der Waals surface area contributed by atoms with Crippen molar-refractivity contribution in [2.75, 3.05) is 0 Å². The van der Waals surface area contributed by atoms with E-state index in [-0.39, 0.29) is 6.10 Å². The second-order valence-corrected chi connectivity index (χ2v) is 3.98. The number of ether oxygens (including phenoxy) is 1. The van der Waals surface area contributed by atoms with Crippen LogP contribution < -0.4 is 4.74 Å². The van der Waals surface area contributed by atoms with Crippen LogP contribution in [0, 0.1) is 0 Å². The van der Waals surface area contributed by atoms with Crippen LogP contribution in [-0.4, -0.2) is 5.11 Å². The molecule has 2 nitrogen and oxygen atoms in total. The second-order valence-electron chi connectivity index (χ2n) is 3.98. The molecule has 0 radical (unpaired) electrons. The molecule has 0 aromatic heterocycles. The van der Waals surface area contributed by atoms with Gasteiger partial charge in [0.2, 0.25) is 0 Å². The highest BCUT2D eigenvalue weighted by atomic mass is 16.5. The van der Waals surface area contributed by atoms with Gasteiger partial charge < -0.3 is 9.84 Å². The molecule has 1 N–H and O–H groups in total. The molecule has 1 unspecified atom stereocenters. The monoisotopic (exact) mass is 212 g/mol. The van der Waals surface area contributed by atoms with E-state index >= 15 is 0 Å². The second kappa shape index (κ2) is 3.56. The Morgan fingerprint density at radius 1 is 1.00 bits per heavy atom. The number of phenolic OH excluding ortho intramolecular Hbond substituents is 1. The number of aromatic hydroxyl groups is 1. The molecule has 1 aliphatic rings. The van der Waals surface area contributed by atoms with E-state index in [1.165, 1.54) is 5.56 Å². The Labute approximate surface area is 94.1 Å². The summed E-state index contributed by atoms with van der Waals surface area (Å²) in [7, 11) is 0. The van der Waals surface area contributed by atoms with Crippen LogP contribution in [0.15, 0.2) is 48.5 Å². The summed E-state index contributed by atoms with van der Waals surface area (Å²) in [4.78, 5) is 0. The maximum absolute atomic E-state index is 9.77. The fraction of sp³-hybridized carbons (Fsp3) is 0.143. The van der Waals surface area contributed by atoms with E-state index in [1.54, 1.807) is 6.07 Å². The minimum atomic E-state index is -0.0569. The van der Waals surface area contributed by atoms with E-state index in [4.69, 9.17) is 4.74 Å². The van der Waals surface area contributed by atoms with Gasteiger partial charge in [0.05, 0.1) is 0 Å². The number of phenols is 1. The van der Waals surface area contributed by atoms with Crippen molar-refractivity contribution in [2.45, 2.75) is 12.5 Å². The summed E-state index contributed by atoms with van der Waals surface area (Å²) in [5, 5.41) is 9.77. The summed E-state index contributed by atoms with van der Waals surface area (Å²) in [5.41, 5.74) is 2.06. The lowest BCUT2D eigenvalue weighted by Gasteiger charge is -2.12. The molecule has 3 rings (SSSR count). The third kappa shape index (κ3) is 1.43. The van der Waals surface area contributed by atoms with Crippen LogP contribution in [0.4, 0.5) is 0 Å². The van der Waals surface area contributed by atoms with Crippen LogP contribution in [0.1, 0.15) is 17.2 Å². The Morgan fingerprint density at radius 3 is 2.56 bits per heavy atom. The minimum absolute atomic E-state index is 0.0569. The van der Waals surface area contributed by atoms with Crippen molar-refractivity contribution in [1.29, 1.82) is 0 Å².